The van der Waals surface area contributed by atoms with E-state index < -0.39 is 8.32 Å². The molecule has 0 spiro atoms. The highest BCUT2D eigenvalue weighted by molar-refractivity contribution is 6.99. The van der Waals surface area contributed by atoms with Gasteiger partial charge in [-0.2, -0.15) is 0 Å². The van der Waals surface area contributed by atoms with Crippen LogP contribution in [0.5, 0.6) is 0 Å². The van der Waals surface area contributed by atoms with Crippen LogP contribution >= 0.6 is 0 Å². The average molecular weight is 377 g/mol. The van der Waals surface area contributed by atoms with Crippen LogP contribution in [0.1, 0.15) is 33.6 Å². The maximum atomic E-state index is 7.00. The van der Waals surface area contributed by atoms with Crippen LogP contribution in [0.15, 0.2) is 85.5 Å². The van der Waals surface area contributed by atoms with Gasteiger partial charge in [0.05, 0.1) is 0 Å². The van der Waals surface area contributed by atoms with Crippen molar-refractivity contribution in [3.63, 3.8) is 0 Å². The van der Waals surface area contributed by atoms with Crippen LogP contribution in [0.2, 0.25) is 5.04 Å². The first kappa shape index (κ1) is 19.8. The molecular weight excluding hydrogens is 344 g/mol. The van der Waals surface area contributed by atoms with Gasteiger partial charge < -0.3 is 4.43 Å². The van der Waals surface area contributed by atoms with E-state index in [1.807, 2.05) is 0 Å². The lowest BCUT2D eigenvalue weighted by Crippen LogP contribution is -2.66. The molecule has 2 aromatic carbocycles. The lowest BCUT2D eigenvalue weighted by molar-refractivity contribution is 0.256. The number of hydrogen-bond acceptors (Lipinski definition) is 1. The van der Waals surface area contributed by atoms with Gasteiger partial charge >= 0.3 is 0 Å². The summed E-state index contributed by atoms with van der Waals surface area (Å²) in [6.45, 7) is 11.8. The van der Waals surface area contributed by atoms with E-state index in [1.165, 1.54) is 10.4 Å². The summed E-state index contributed by atoms with van der Waals surface area (Å²) in [5.74, 6) is 1.12. The molecule has 0 unspecified atom stereocenters. The largest absolute Gasteiger partial charge is 0.407 e. The van der Waals surface area contributed by atoms with Crippen molar-refractivity contribution >= 4 is 18.7 Å². The van der Waals surface area contributed by atoms with Crippen LogP contribution in [0, 0.1) is 11.8 Å². The van der Waals surface area contributed by atoms with Gasteiger partial charge in [-0.25, -0.2) is 0 Å². The Morgan fingerprint density at radius 1 is 1.00 bits per heavy atom. The minimum Gasteiger partial charge on any atom is -0.407 e. The van der Waals surface area contributed by atoms with Crippen LogP contribution < -0.4 is 10.4 Å². The molecular formula is C25H32OSi. The highest BCUT2D eigenvalue weighted by Gasteiger charge is 2.50. The highest BCUT2D eigenvalue weighted by Crippen LogP contribution is 2.37. The molecule has 0 bridgehead atoms. The number of allylic oxidation sites excluding steroid dienone is 3. The van der Waals surface area contributed by atoms with Crippen LogP contribution in [-0.2, 0) is 4.43 Å². The summed E-state index contributed by atoms with van der Waals surface area (Å²) in [6.07, 6.45) is 8.88. The van der Waals surface area contributed by atoms with Crippen molar-refractivity contribution in [2.75, 3.05) is 6.61 Å². The van der Waals surface area contributed by atoms with Crippen LogP contribution in [-0.4, -0.2) is 14.9 Å². The van der Waals surface area contributed by atoms with Crippen molar-refractivity contribution in [1.29, 1.82) is 0 Å². The molecule has 0 aromatic heterocycles. The Kier molecular flexibility index (Phi) is 6.18. The van der Waals surface area contributed by atoms with E-state index in [-0.39, 0.29) is 5.04 Å². The van der Waals surface area contributed by atoms with Crippen molar-refractivity contribution in [3.05, 3.63) is 85.5 Å². The number of benzene rings is 2. The fourth-order valence-electron chi connectivity index (χ4n) is 4.43. The Labute approximate surface area is 165 Å². The van der Waals surface area contributed by atoms with Gasteiger partial charge in [0.1, 0.15) is 0 Å². The summed E-state index contributed by atoms with van der Waals surface area (Å²) in [5, 5.41) is 2.75. The van der Waals surface area contributed by atoms with Gasteiger partial charge in [-0.15, -0.1) is 6.58 Å². The van der Waals surface area contributed by atoms with Gasteiger partial charge in [-0.1, -0.05) is 99.7 Å². The lowest BCUT2D eigenvalue weighted by atomic mass is 9.93. The Balaban J connectivity index is 1.93. The topological polar surface area (TPSA) is 9.23 Å². The van der Waals surface area contributed by atoms with Crippen molar-refractivity contribution in [2.45, 2.75) is 38.7 Å². The average Bonchev–Trinajstić information content (AvgIpc) is 3.13. The maximum absolute atomic E-state index is 7.00. The molecule has 1 nitrogen and oxygen atoms in total. The first-order chi connectivity index (χ1) is 13.0. The summed E-state index contributed by atoms with van der Waals surface area (Å²) in [6, 6.07) is 21.8. The SMILES string of the molecule is C=C[C@H]1C=CC[C@H]1CCO[Si](c1ccccc1)(c1ccccc1)C(C)(C)C. The van der Waals surface area contributed by atoms with E-state index in [0.717, 1.165) is 19.4 Å². The summed E-state index contributed by atoms with van der Waals surface area (Å²) in [4.78, 5) is 0. The minimum absolute atomic E-state index is 0.0431. The summed E-state index contributed by atoms with van der Waals surface area (Å²) < 4.78 is 7.00. The van der Waals surface area contributed by atoms with E-state index in [0.29, 0.717) is 11.8 Å². The third kappa shape index (κ3) is 4.02. The Hall–Kier alpha value is -1.90. The molecule has 0 amide bonds. The zero-order valence-corrected chi connectivity index (χ0v) is 17.9. The highest BCUT2D eigenvalue weighted by atomic mass is 28.4. The molecule has 0 saturated heterocycles. The standard InChI is InChI=1S/C25H32OSi/c1-5-21-13-12-14-22(21)19-20-26-27(25(2,3)4,23-15-8-6-9-16-23)24-17-10-7-11-18-24/h5-13,15-18,21-22H,1,14,19-20H2,2-4H3/t21-,22-/m0/s1. The monoisotopic (exact) mass is 376 g/mol. The van der Waals surface area contributed by atoms with Crippen LogP contribution in [0.25, 0.3) is 0 Å². The van der Waals surface area contributed by atoms with E-state index >= 15 is 0 Å². The molecule has 0 heterocycles. The second-order valence-corrected chi connectivity index (χ2v) is 12.8. The van der Waals surface area contributed by atoms with Crippen molar-refractivity contribution < 1.29 is 4.43 Å². The Bertz CT molecular complexity index is 718. The normalized spacial score (nSPS) is 20.0. The molecule has 0 aliphatic heterocycles. The number of rotatable bonds is 7. The second-order valence-electron chi connectivity index (χ2n) is 8.54. The summed E-state index contributed by atoms with van der Waals surface area (Å²) in [5.41, 5.74) is 0. The molecule has 1 aliphatic carbocycles. The molecule has 2 aromatic rings. The van der Waals surface area contributed by atoms with Crippen LogP contribution in [0.3, 0.4) is 0 Å². The smallest absolute Gasteiger partial charge is 0.261 e. The van der Waals surface area contributed by atoms with Gasteiger partial charge in [0.2, 0.25) is 0 Å². The van der Waals surface area contributed by atoms with Gasteiger partial charge in [0, 0.05) is 6.61 Å². The van der Waals surface area contributed by atoms with Crippen molar-refractivity contribution in [2.24, 2.45) is 11.8 Å². The van der Waals surface area contributed by atoms with Gasteiger partial charge in [-0.05, 0) is 40.1 Å². The van der Waals surface area contributed by atoms with Gasteiger partial charge in [-0.3, -0.25) is 0 Å². The quantitative estimate of drug-likeness (QED) is 0.469. The fourth-order valence-corrected chi connectivity index (χ4v) is 9.01. The molecule has 0 saturated carbocycles. The van der Waals surface area contributed by atoms with E-state index in [1.54, 1.807) is 0 Å². The van der Waals surface area contributed by atoms with Crippen LogP contribution in [0.4, 0.5) is 0 Å². The number of hydrogen-bond donors (Lipinski definition) is 0. The molecule has 142 valence electrons. The molecule has 0 radical (unpaired) electrons. The van der Waals surface area contributed by atoms with Crippen molar-refractivity contribution in [1.82, 2.24) is 0 Å². The second kappa shape index (κ2) is 8.41. The summed E-state index contributed by atoms with van der Waals surface area (Å²) in [7, 11) is -2.40. The van der Waals surface area contributed by atoms with E-state index in [2.05, 4.69) is 106 Å². The fraction of sp³-hybridized carbons (Fsp3) is 0.360. The van der Waals surface area contributed by atoms with Gasteiger partial charge in [0.15, 0.2) is 0 Å². The molecule has 3 rings (SSSR count). The minimum atomic E-state index is -2.40. The zero-order valence-electron chi connectivity index (χ0n) is 16.9. The van der Waals surface area contributed by atoms with E-state index in [9.17, 15) is 0 Å². The third-order valence-corrected chi connectivity index (χ3v) is 10.9. The molecule has 0 fully saturated rings. The Morgan fingerprint density at radius 3 is 2.04 bits per heavy atom. The van der Waals surface area contributed by atoms with Gasteiger partial charge in [0.25, 0.3) is 8.32 Å². The molecule has 2 heteroatoms. The third-order valence-electron chi connectivity index (χ3n) is 5.84. The van der Waals surface area contributed by atoms with Crippen molar-refractivity contribution in [3.8, 4) is 0 Å². The summed E-state index contributed by atoms with van der Waals surface area (Å²) >= 11 is 0. The zero-order chi connectivity index (χ0) is 19.3. The predicted molar refractivity (Wildman–Crippen MR) is 119 cm³/mol. The lowest BCUT2D eigenvalue weighted by Gasteiger charge is -2.43. The Morgan fingerprint density at radius 2 is 1.56 bits per heavy atom. The molecule has 2 atom stereocenters. The van der Waals surface area contributed by atoms with E-state index in [4.69, 9.17) is 4.43 Å². The molecule has 27 heavy (non-hydrogen) atoms. The maximum Gasteiger partial charge on any atom is 0.261 e. The molecule has 1 aliphatic rings. The first-order valence-corrected chi connectivity index (χ1v) is 11.9. The first-order valence-electron chi connectivity index (χ1n) is 10.0. The molecule has 0 N–H and O–H groups in total. The predicted octanol–water partition coefficient (Wildman–Crippen LogP) is 5.33.